The van der Waals surface area contributed by atoms with Crippen LogP contribution in [-0.4, -0.2) is 37.3 Å². The summed E-state index contributed by atoms with van der Waals surface area (Å²) >= 11 is 0. The molecule has 0 saturated carbocycles. The third-order valence-electron chi connectivity index (χ3n) is 5.41. The molecule has 4 aromatic rings. The van der Waals surface area contributed by atoms with Crippen LogP contribution in [0.2, 0.25) is 0 Å². The second-order valence-corrected chi connectivity index (χ2v) is 7.38. The molecule has 7 nitrogen and oxygen atoms in total. The highest BCUT2D eigenvalue weighted by atomic mass is 16.5. The maximum Gasteiger partial charge on any atom is 0.176 e. The van der Waals surface area contributed by atoms with Crippen LogP contribution in [0.15, 0.2) is 54.7 Å². The maximum absolute atomic E-state index is 5.16. The number of hydrogen-bond acceptors (Lipinski definition) is 5. The quantitative estimate of drug-likeness (QED) is 0.550. The topological polar surface area (TPSA) is 69.3 Å². The van der Waals surface area contributed by atoms with Crippen LogP contribution >= 0.6 is 0 Å². The number of benzene rings is 1. The van der Waals surface area contributed by atoms with Gasteiger partial charge in [-0.2, -0.15) is 5.10 Å². The Morgan fingerprint density at radius 1 is 1.10 bits per heavy atom. The van der Waals surface area contributed by atoms with E-state index >= 15 is 0 Å². The van der Waals surface area contributed by atoms with Crippen molar-refractivity contribution in [1.29, 1.82) is 0 Å². The number of imidazole rings is 1. The van der Waals surface area contributed by atoms with E-state index in [1.165, 1.54) is 5.69 Å². The molecule has 0 fully saturated rings. The Morgan fingerprint density at radius 3 is 2.83 bits per heavy atom. The van der Waals surface area contributed by atoms with Crippen LogP contribution < -0.4 is 5.32 Å². The number of methoxy groups -OCH3 is 1. The first-order chi connectivity index (χ1) is 14.3. The highest BCUT2D eigenvalue weighted by Crippen LogP contribution is 2.25. The van der Waals surface area contributed by atoms with Gasteiger partial charge in [-0.25, -0.2) is 14.6 Å². The van der Waals surface area contributed by atoms with Gasteiger partial charge in [-0.05, 0) is 18.6 Å². The summed E-state index contributed by atoms with van der Waals surface area (Å²) in [6, 6.07) is 16.9. The van der Waals surface area contributed by atoms with E-state index in [9.17, 15) is 0 Å². The lowest BCUT2D eigenvalue weighted by Crippen LogP contribution is -2.37. The Bertz CT molecular complexity index is 1120. The van der Waals surface area contributed by atoms with Crippen molar-refractivity contribution in [3.63, 3.8) is 0 Å². The summed E-state index contributed by atoms with van der Waals surface area (Å²) in [5, 5.41) is 8.30. The molecule has 1 unspecified atom stereocenters. The van der Waals surface area contributed by atoms with Gasteiger partial charge in [0, 0.05) is 37.9 Å². The molecule has 1 aromatic carbocycles. The van der Waals surface area contributed by atoms with Crippen LogP contribution in [0.25, 0.3) is 16.9 Å². The lowest BCUT2D eigenvalue weighted by Gasteiger charge is -2.23. The SMILES string of the molecule is COCc1nc2n(n1)CC(NCc1c(-c3ccccc3)nc3ccccn13)CC2. The van der Waals surface area contributed by atoms with E-state index in [0.29, 0.717) is 12.6 Å². The van der Waals surface area contributed by atoms with Crippen LogP contribution in [-0.2, 0) is 30.9 Å². The first kappa shape index (κ1) is 18.0. The average molecular weight is 388 g/mol. The monoisotopic (exact) mass is 388 g/mol. The molecule has 148 valence electrons. The molecule has 4 heterocycles. The molecule has 1 aliphatic rings. The zero-order valence-corrected chi connectivity index (χ0v) is 16.5. The Balaban J connectivity index is 1.38. The number of pyridine rings is 1. The maximum atomic E-state index is 5.16. The second-order valence-electron chi connectivity index (χ2n) is 7.38. The third-order valence-corrected chi connectivity index (χ3v) is 5.41. The Labute approximate surface area is 169 Å². The van der Waals surface area contributed by atoms with Crippen molar-refractivity contribution in [1.82, 2.24) is 29.5 Å². The van der Waals surface area contributed by atoms with E-state index in [0.717, 1.165) is 54.5 Å². The summed E-state index contributed by atoms with van der Waals surface area (Å²) in [7, 11) is 1.67. The highest BCUT2D eigenvalue weighted by Gasteiger charge is 2.22. The highest BCUT2D eigenvalue weighted by molar-refractivity contribution is 5.66. The minimum Gasteiger partial charge on any atom is -0.377 e. The predicted molar refractivity (Wildman–Crippen MR) is 110 cm³/mol. The number of aromatic nitrogens is 5. The molecular formula is C22H24N6O. The van der Waals surface area contributed by atoms with Crippen LogP contribution in [0.4, 0.5) is 0 Å². The van der Waals surface area contributed by atoms with Gasteiger partial charge in [0.2, 0.25) is 0 Å². The number of ether oxygens (including phenoxy) is 1. The average Bonchev–Trinajstić information content (AvgIpc) is 3.33. The van der Waals surface area contributed by atoms with Gasteiger partial charge in [0.25, 0.3) is 0 Å². The molecule has 0 aliphatic carbocycles. The molecule has 0 amide bonds. The number of nitrogens with one attached hydrogen (secondary N) is 1. The zero-order chi connectivity index (χ0) is 19.6. The fourth-order valence-corrected chi connectivity index (χ4v) is 4.00. The number of hydrogen-bond donors (Lipinski definition) is 1. The molecule has 7 heteroatoms. The van der Waals surface area contributed by atoms with Gasteiger partial charge in [0.1, 0.15) is 18.1 Å². The van der Waals surface area contributed by atoms with Crippen molar-refractivity contribution < 1.29 is 4.74 Å². The fraction of sp³-hybridized carbons (Fsp3) is 0.318. The Hall–Kier alpha value is -3.03. The first-order valence-corrected chi connectivity index (χ1v) is 9.98. The minimum absolute atomic E-state index is 0.345. The summed E-state index contributed by atoms with van der Waals surface area (Å²) in [5.74, 6) is 1.81. The predicted octanol–water partition coefficient (Wildman–Crippen LogP) is 2.84. The molecule has 1 aliphatic heterocycles. The van der Waals surface area contributed by atoms with E-state index in [1.54, 1.807) is 7.11 Å². The van der Waals surface area contributed by atoms with Crippen molar-refractivity contribution in [2.75, 3.05) is 7.11 Å². The van der Waals surface area contributed by atoms with Gasteiger partial charge in [-0.3, -0.25) is 0 Å². The minimum atomic E-state index is 0.345. The molecular weight excluding hydrogens is 364 g/mol. The van der Waals surface area contributed by atoms with Crippen LogP contribution in [0, 0.1) is 0 Å². The van der Waals surface area contributed by atoms with E-state index in [-0.39, 0.29) is 0 Å². The van der Waals surface area contributed by atoms with Gasteiger partial charge in [-0.1, -0.05) is 36.4 Å². The summed E-state index contributed by atoms with van der Waals surface area (Å²) in [6.45, 7) is 2.03. The summed E-state index contributed by atoms with van der Waals surface area (Å²) < 4.78 is 9.35. The molecule has 0 bridgehead atoms. The largest absolute Gasteiger partial charge is 0.377 e. The van der Waals surface area contributed by atoms with Crippen molar-refractivity contribution in [2.24, 2.45) is 0 Å². The van der Waals surface area contributed by atoms with Crippen LogP contribution in [0.1, 0.15) is 23.8 Å². The molecule has 29 heavy (non-hydrogen) atoms. The number of nitrogens with zero attached hydrogens (tertiary/aromatic N) is 5. The number of rotatable bonds is 6. The van der Waals surface area contributed by atoms with E-state index in [1.807, 2.05) is 22.9 Å². The lowest BCUT2D eigenvalue weighted by molar-refractivity contribution is 0.177. The Morgan fingerprint density at radius 2 is 1.97 bits per heavy atom. The van der Waals surface area contributed by atoms with Gasteiger partial charge in [0.15, 0.2) is 5.82 Å². The van der Waals surface area contributed by atoms with Crippen LogP contribution in [0.3, 0.4) is 0 Å². The standard InChI is InChI=1S/C22H24N6O/c1-29-15-19-24-21-11-10-17(14-28(21)26-19)23-13-18-22(16-7-3-2-4-8-16)25-20-9-5-6-12-27(18)20/h2-9,12,17,23H,10-11,13-15H2,1H3. The van der Waals surface area contributed by atoms with Gasteiger partial charge < -0.3 is 14.5 Å². The molecule has 3 aromatic heterocycles. The van der Waals surface area contributed by atoms with Gasteiger partial charge in [-0.15, -0.1) is 0 Å². The third kappa shape index (κ3) is 3.54. The Kier molecular flexibility index (Phi) is 4.83. The first-order valence-electron chi connectivity index (χ1n) is 9.98. The van der Waals surface area contributed by atoms with Crippen molar-refractivity contribution in [2.45, 2.75) is 38.6 Å². The van der Waals surface area contributed by atoms with Crippen LogP contribution in [0.5, 0.6) is 0 Å². The summed E-state index contributed by atoms with van der Waals surface area (Å²) in [6.07, 6.45) is 4.05. The molecule has 0 radical (unpaired) electrons. The van der Waals surface area contributed by atoms with Crippen molar-refractivity contribution in [3.8, 4) is 11.3 Å². The summed E-state index contributed by atoms with van der Waals surface area (Å²) in [5.41, 5.74) is 4.31. The second kappa shape index (κ2) is 7.77. The molecule has 0 saturated heterocycles. The van der Waals surface area contributed by atoms with E-state index < -0.39 is 0 Å². The molecule has 1 N–H and O–H groups in total. The van der Waals surface area contributed by atoms with Crippen molar-refractivity contribution >= 4 is 5.65 Å². The number of aryl methyl sites for hydroxylation is 1. The van der Waals surface area contributed by atoms with Gasteiger partial charge in [0.05, 0.1) is 17.9 Å². The molecule has 1 atom stereocenters. The normalized spacial score (nSPS) is 16.2. The lowest BCUT2D eigenvalue weighted by atomic mass is 10.1. The number of fused-ring (bicyclic) bond motifs is 2. The zero-order valence-electron chi connectivity index (χ0n) is 16.5. The summed E-state index contributed by atoms with van der Waals surface area (Å²) in [4.78, 5) is 9.45. The molecule has 5 rings (SSSR count). The fourth-order valence-electron chi connectivity index (χ4n) is 4.00. The van der Waals surface area contributed by atoms with E-state index in [4.69, 9.17) is 9.72 Å². The molecule has 0 spiro atoms. The van der Waals surface area contributed by atoms with Gasteiger partial charge >= 0.3 is 0 Å². The van der Waals surface area contributed by atoms with Crippen molar-refractivity contribution in [3.05, 3.63) is 72.1 Å². The van der Waals surface area contributed by atoms with E-state index in [2.05, 4.69) is 56.3 Å². The smallest absolute Gasteiger partial charge is 0.176 e.